The number of hydrogen-bond acceptors (Lipinski definition) is 7. The van der Waals surface area contributed by atoms with Crippen LogP contribution in [0.15, 0.2) is 11.6 Å². The van der Waals surface area contributed by atoms with Crippen molar-refractivity contribution in [1.82, 2.24) is 5.32 Å². The van der Waals surface area contributed by atoms with E-state index in [9.17, 15) is 19.8 Å². The van der Waals surface area contributed by atoms with E-state index in [1.807, 2.05) is 19.9 Å². The molecule has 1 aliphatic carbocycles. The lowest BCUT2D eigenvalue weighted by Crippen LogP contribution is -2.62. The lowest BCUT2D eigenvalue weighted by atomic mass is 9.65. The average molecular weight is 443 g/mol. The Bertz CT molecular complexity index is 693. The van der Waals surface area contributed by atoms with Crippen molar-refractivity contribution >= 4 is 12.0 Å². The Kier molecular flexibility index (Phi) is 8.13. The summed E-state index contributed by atoms with van der Waals surface area (Å²) in [6.07, 6.45) is -0.0966. The zero-order chi connectivity index (χ0) is 23.6. The Hall–Kier alpha value is -1.68. The Labute approximate surface area is 184 Å². The number of aliphatic hydroxyl groups is 2. The molecular weight excluding hydrogens is 404 g/mol. The highest BCUT2D eigenvalue weighted by molar-refractivity contribution is 5.84. The molecule has 1 saturated carbocycles. The number of carbonyl (C=O) groups excluding carboxylic acids is 2. The number of nitrogens with one attached hydrogen (secondary N) is 1. The number of primary amides is 1. The maximum Gasteiger partial charge on any atom is 0.408 e. The predicted octanol–water partition coefficient (Wildman–Crippen LogP) is 1.25. The highest BCUT2D eigenvalue weighted by Crippen LogP contribution is 2.51. The fraction of sp³-hybridized carbons (Fsp3) is 0.818. The number of nitrogens with two attached hydrogens (primary N) is 1. The number of aliphatic hydroxyl groups excluding tert-OH is 1. The molecule has 1 saturated heterocycles. The van der Waals surface area contributed by atoms with Crippen molar-refractivity contribution in [1.29, 1.82) is 0 Å². The molecule has 0 aromatic heterocycles. The van der Waals surface area contributed by atoms with E-state index in [2.05, 4.69) is 5.32 Å². The van der Waals surface area contributed by atoms with E-state index in [1.165, 1.54) is 7.11 Å². The second kappa shape index (κ2) is 9.85. The first kappa shape index (κ1) is 25.6. The van der Waals surface area contributed by atoms with Crippen LogP contribution in [0.25, 0.3) is 0 Å². The standard InChI is InChI=1S/C22H38N2O7/c1-12(2)7-8-15(25)21(5)18-17(29-6)14(9-10-22(18,28)11-30-21)31-20(27)24-16(13(3)4)19(23)26/h7,13-18,25,28H,8-11H2,1-6H3,(H2,23,26)(H,24,27)/t14-,15-,16-,17-,18-,21-,22+/m1/s1. The minimum Gasteiger partial charge on any atom is -0.443 e. The van der Waals surface area contributed by atoms with Gasteiger partial charge < -0.3 is 35.5 Å². The van der Waals surface area contributed by atoms with Gasteiger partial charge >= 0.3 is 6.09 Å². The average Bonchev–Trinajstić information content (AvgIpc) is 2.96. The Morgan fingerprint density at radius 1 is 1.35 bits per heavy atom. The number of methoxy groups -OCH3 is 1. The quantitative estimate of drug-likeness (QED) is 0.415. The van der Waals surface area contributed by atoms with Crippen molar-refractivity contribution in [3.05, 3.63) is 11.6 Å². The van der Waals surface area contributed by atoms with E-state index in [4.69, 9.17) is 19.9 Å². The van der Waals surface area contributed by atoms with Crippen molar-refractivity contribution in [2.24, 2.45) is 17.6 Å². The second-order valence-corrected chi connectivity index (χ2v) is 9.54. The number of fused-ring (bicyclic) bond motifs is 1. The number of ether oxygens (including phenoxy) is 3. The summed E-state index contributed by atoms with van der Waals surface area (Å²) in [5, 5.41) is 24.7. The maximum atomic E-state index is 12.5. The Morgan fingerprint density at radius 2 is 2.00 bits per heavy atom. The minimum atomic E-state index is -1.20. The molecule has 9 heteroatoms. The summed E-state index contributed by atoms with van der Waals surface area (Å²) in [6.45, 7) is 9.25. The molecule has 0 bridgehead atoms. The van der Waals surface area contributed by atoms with Crippen LogP contribution in [0.4, 0.5) is 4.79 Å². The highest BCUT2D eigenvalue weighted by Gasteiger charge is 2.64. The number of hydrogen-bond donors (Lipinski definition) is 4. The van der Waals surface area contributed by atoms with E-state index in [0.717, 1.165) is 5.57 Å². The SMILES string of the molecule is CO[C@@H]1[C@H](OC(=O)N[C@@H](C(N)=O)C(C)C)CC[C@]2(O)CO[C@](C)([C@H](O)CC=C(C)C)[C@@H]12. The first-order valence-electron chi connectivity index (χ1n) is 10.8. The summed E-state index contributed by atoms with van der Waals surface area (Å²) >= 11 is 0. The monoisotopic (exact) mass is 442 g/mol. The van der Waals surface area contributed by atoms with Gasteiger partial charge in [-0.05, 0) is 46.0 Å². The van der Waals surface area contributed by atoms with Crippen LogP contribution in [0.3, 0.4) is 0 Å². The molecule has 9 nitrogen and oxygen atoms in total. The Balaban J connectivity index is 2.22. The summed E-state index contributed by atoms with van der Waals surface area (Å²) in [6, 6.07) is -0.861. The van der Waals surface area contributed by atoms with E-state index in [-0.39, 0.29) is 12.5 Å². The van der Waals surface area contributed by atoms with Crippen LogP contribution >= 0.6 is 0 Å². The maximum absolute atomic E-state index is 12.5. The first-order chi connectivity index (χ1) is 14.4. The van der Waals surface area contributed by atoms with Crippen LogP contribution in [-0.2, 0) is 19.0 Å². The van der Waals surface area contributed by atoms with Gasteiger partial charge in [-0.2, -0.15) is 0 Å². The molecule has 2 amide bonds. The zero-order valence-corrected chi connectivity index (χ0v) is 19.4. The third-order valence-electron chi connectivity index (χ3n) is 6.57. The largest absolute Gasteiger partial charge is 0.443 e. The third kappa shape index (κ3) is 5.39. The molecule has 0 radical (unpaired) electrons. The van der Waals surface area contributed by atoms with Crippen molar-refractivity contribution in [2.75, 3.05) is 13.7 Å². The number of rotatable bonds is 8. The molecular formula is C22H38N2O7. The van der Waals surface area contributed by atoms with Gasteiger partial charge in [-0.15, -0.1) is 0 Å². The third-order valence-corrected chi connectivity index (χ3v) is 6.57. The van der Waals surface area contributed by atoms with Gasteiger partial charge in [-0.1, -0.05) is 25.5 Å². The predicted molar refractivity (Wildman–Crippen MR) is 114 cm³/mol. The van der Waals surface area contributed by atoms with Gasteiger partial charge in [-0.25, -0.2) is 4.79 Å². The molecule has 0 unspecified atom stereocenters. The van der Waals surface area contributed by atoms with Crippen molar-refractivity contribution in [3.8, 4) is 0 Å². The molecule has 0 aromatic carbocycles. The summed E-state index contributed by atoms with van der Waals surface area (Å²) < 4.78 is 17.3. The van der Waals surface area contributed by atoms with Gasteiger partial charge in [0, 0.05) is 7.11 Å². The van der Waals surface area contributed by atoms with Crippen LogP contribution in [-0.4, -0.2) is 71.5 Å². The lowest BCUT2D eigenvalue weighted by molar-refractivity contribution is -0.179. The molecule has 2 rings (SSSR count). The summed E-state index contributed by atoms with van der Waals surface area (Å²) in [5.41, 5.74) is 4.13. The van der Waals surface area contributed by atoms with Gasteiger partial charge in [0.1, 0.15) is 18.2 Å². The fourth-order valence-corrected chi connectivity index (χ4v) is 4.79. The normalized spacial score (nSPS) is 34.5. The van der Waals surface area contributed by atoms with E-state index in [1.54, 1.807) is 20.8 Å². The fourth-order valence-electron chi connectivity index (χ4n) is 4.79. The number of amides is 2. The van der Waals surface area contributed by atoms with Crippen molar-refractivity contribution < 1.29 is 34.0 Å². The Morgan fingerprint density at radius 3 is 2.52 bits per heavy atom. The van der Waals surface area contributed by atoms with Crippen LogP contribution in [0, 0.1) is 11.8 Å². The van der Waals surface area contributed by atoms with Crippen LogP contribution < -0.4 is 11.1 Å². The highest BCUT2D eigenvalue weighted by atomic mass is 16.6. The summed E-state index contributed by atoms with van der Waals surface area (Å²) in [7, 11) is 1.48. The number of alkyl carbamates (subject to hydrolysis) is 1. The number of allylic oxidation sites excluding steroid dienone is 1. The topological polar surface area (TPSA) is 140 Å². The molecule has 7 atom stereocenters. The molecule has 178 valence electrons. The van der Waals surface area contributed by atoms with Crippen LogP contribution in [0.5, 0.6) is 0 Å². The number of carbonyl (C=O) groups is 2. The van der Waals surface area contributed by atoms with E-state index >= 15 is 0 Å². The first-order valence-corrected chi connectivity index (χ1v) is 10.8. The van der Waals surface area contributed by atoms with Crippen LogP contribution in [0.2, 0.25) is 0 Å². The second-order valence-electron chi connectivity index (χ2n) is 9.54. The van der Waals surface area contributed by atoms with Crippen molar-refractivity contribution in [2.45, 2.75) is 89.4 Å². The molecule has 2 aliphatic rings. The summed E-state index contributed by atoms with van der Waals surface area (Å²) in [4.78, 5) is 24.1. The molecule has 31 heavy (non-hydrogen) atoms. The zero-order valence-electron chi connectivity index (χ0n) is 19.4. The molecule has 1 aliphatic heterocycles. The van der Waals surface area contributed by atoms with E-state index < -0.39 is 53.5 Å². The van der Waals surface area contributed by atoms with Gasteiger partial charge in [-0.3, -0.25) is 4.79 Å². The molecule has 2 fully saturated rings. The smallest absolute Gasteiger partial charge is 0.408 e. The van der Waals surface area contributed by atoms with Crippen molar-refractivity contribution in [3.63, 3.8) is 0 Å². The summed E-state index contributed by atoms with van der Waals surface area (Å²) in [5.74, 6) is -1.46. The molecule has 0 spiro atoms. The molecule has 0 aromatic rings. The molecule has 1 heterocycles. The molecule has 5 N–H and O–H groups in total. The van der Waals surface area contributed by atoms with Gasteiger partial charge in [0.05, 0.1) is 29.8 Å². The van der Waals surface area contributed by atoms with Crippen LogP contribution in [0.1, 0.15) is 53.9 Å². The van der Waals surface area contributed by atoms with Gasteiger partial charge in [0.2, 0.25) is 5.91 Å². The van der Waals surface area contributed by atoms with Gasteiger partial charge in [0.15, 0.2) is 0 Å². The van der Waals surface area contributed by atoms with Gasteiger partial charge in [0.25, 0.3) is 0 Å². The van der Waals surface area contributed by atoms with E-state index in [0.29, 0.717) is 19.3 Å². The lowest BCUT2D eigenvalue weighted by Gasteiger charge is -2.48. The minimum absolute atomic E-state index is 0.0654.